The fraction of sp³-hybridized carbons (Fsp3) is 0.500. The zero-order valence-corrected chi connectivity index (χ0v) is 13.3. The lowest BCUT2D eigenvalue weighted by Crippen LogP contribution is -2.16. The molecule has 0 saturated heterocycles. The van der Waals surface area contributed by atoms with Crippen LogP contribution in [0, 0.1) is 5.82 Å². The zero-order valence-electron chi connectivity index (χ0n) is 13.3. The van der Waals surface area contributed by atoms with Crippen LogP contribution in [-0.4, -0.2) is 16.3 Å². The molecule has 118 valence electrons. The summed E-state index contributed by atoms with van der Waals surface area (Å²) in [5, 5.41) is 4.79. The van der Waals surface area contributed by atoms with Crippen LogP contribution in [0.3, 0.4) is 0 Å². The minimum Gasteiger partial charge on any atom is -0.330 e. The van der Waals surface area contributed by atoms with Crippen molar-refractivity contribution in [3.63, 3.8) is 0 Å². The van der Waals surface area contributed by atoms with Crippen LogP contribution in [0.2, 0.25) is 0 Å². The Bertz CT molecular complexity index is 660. The van der Waals surface area contributed by atoms with Crippen molar-refractivity contribution in [3.05, 3.63) is 41.3 Å². The summed E-state index contributed by atoms with van der Waals surface area (Å²) < 4.78 is 16.4. The third-order valence-corrected chi connectivity index (χ3v) is 4.56. The highest BCUT2D eigenvalue weighted by Gasteiger charge is 2.30. The molecule has 1 aliphatic rings. The highest BCUT2D eigenvalue weighted by Crippen LogP contribution is 2.41. The number of hydrogen-bond donors (Lipinski definition) is 1. The van der Waals surface area contributed by atoms with Gasteiger partial charge in [-0.25, -0.2) is 4.39 Å². The van der Waals surface area contributed by atoms with Gasteiger partial charge in [-0.3, -0.25) is 4.68 Å². The van der Waals surface area contributed by atoms with Crippen molar-refractivity contribution in [2.75, 3.05) is 6.54 Å². The molecule has 1 heterocycles. The molecule has 1 aromatic heterocycles. The van der Waals surface area contributed by atoms with E-state index >= 15 is 0 Å². The molecule has 0 spiro atoms. The van der Waals surface area contributed by atoms with Crippen molar-refractivity contribution >= 4 is 0 Å². The molecule has 3 nitrogen and oxygen atoms in total. The number of nitrogens with two attached hydrogens (primary N) is 1. The van der Waals surface area contributed by atoms with Crippen LogP contribution in [0.5, 0.6) is 0 Å². The van der Waals surface area contributed by atoms with Gasteiger partial charge in [0.1, 0.15) is 5.82 Å². The SMILES string of the molecule is CC(C)n1nc(-c2ccccc2F)c2c1CCCC2CCN. The minimum absolute atomic E-state index is 0.198. The monoisotopic (exact) mass is 301 g/mol. The molecule has 1 aromatic carbocycles. The van der Waals surface area contributed by atoms with Crippen LogP contribution in [-0.2, 0) is 6.42 Å². The molecular formula is C18H24FN3. The third kappa shape index (κ3) is 2.56. The number of benzene rings is 1. The maximum absolute atomic E-state index is 14.3. The van der Waals surface area contributed by atoms with Crippen LogP contribution in [0.15, 0.2) is 24.3 Å². The minimum atomic E-state index is -0.198. The van der Waals surface area contributed by atoms with E-state index in [1.54, 1.807) is 6.07 Å². The van der Waals surface area contributed by atoms with Crippen LogP contribution < -0.4 is 5.73 Å². The van der Waals surface area contributed by atoms with Crippen molar-refractivity contribution < 1.29 is 4.39 Å². The maximum Gasteiger partial charge on any atom is 0.132 e. The van der Waals surface area contributed by atoms with E-state index < -0.39 is 0 Å². The quantitative estimate of drug-likeness (QED) is 0.926. The maximum atomic E-state index is 14.3. The Morgan fingerprint density at radius 2 is 2.14 bits per heavy atom. The Morgan fingerprint density at radius 1 is 1.36 bits per heavy atom. The van der Waals surface area contributed by atoms with Crippen molar-refractivity contribution in [2.45, 2.75) is 51.5 Å². The lowest BCUT2D eigenvalue weighted by molar-refractivity contribution is 0.469. The van der Waals surface area contributed by atoms with Crippen LogP contribution >= 0.6 is 0 Å². The molecule has 0 saturated carbocycles. The predicted octanol–water partition coefficient (Wildman–Crippen LogP) is 4.04. The molecule has 4 heteroatoms. The van der Waals surface area contributed by atoms with Crippen molar-refractivity contribution in [1.29, 1.82) is 0 Å². The second-order valence-electron chi connectivity index (χ2n) is 6.39. The predicted molar refractivity (Wildman–Crippen MR) is 87.4 cm³/mol. The van der Waals surface area contributed by atoms with Gasteiger partial charge in [0, 0.05) is 22.9 Å². The van der Waals surface area contributed by atoms with Gasteiger partial charge in [-0.15, -0.1) is 0 Å². The van der Waals surface area contributed by atoms with E-state index in [4.69, 9.17) is 10.8 Å². The summed E-state index contributed by atoms with van der Waals surface area (Å²) in [6.07, 6.45) is 4.25. The van der Waals surface area contributed by atoms with Crippen LogP contribution in [0.4, 0.5) is 4.39 Å². The summed E-state index contributed by atoms with van der Waals surface area (Å²) in [4.78, 5) is 0. The fourth-order valence-corrected chi connectivity index (χ4v) is 3.59. The van der Waals surface area contributed by atoms with Gasteiger partial charge in [-0.2, -0.15) is 5.10 Å². The molecule has 0 aliphatic heterocycles. The van der Waals surface area contributed by atoms with E-state index in [9.17, 15) is 4.39 Å². The van der Waals surface area contributed by atoms with E-state index in [1.165, 1.54) is 17.3 Å². The molecule has 2 aromatic rings. The molecule has 22 heavy (non-hydrogen) atoms. The first-order valence-corrected chi connectivity index (χ1v) is 8.19. The largest absolute Gasteiger partial charge is 0.330 e. The van der Waals surface area contributed by atoms with Gasteiger partial charge in [0.05, 0.1) is 5.69 Å². The highest BCUT2D eigenvalue weighted by atomic mass is 19.1. The molecule has 0 amide bonds. The molecule has 3 rings (SSSR count). The summed E-state index contributed by atoms with van der Waals surface area (Å²) in [6, 6.07) is 7.22. The van der Waals surface area contributed by atoms with Crippen LogP contribution in [0.1, 0.15) is 56.3 Å². The van der Waals surface area contributed by atoms with Crippen molar-refractivity contribution in [3.8, 4) is 11.3 Å². The van der Waals surface area contributed by atoms with Gasteiger partial charge in [-0.05, 0) is 64.1 Å². The number of nitrogens with zero attached hydrogens (tertiary/aromatic N) is 2. The van der Waals surface area contributed by atoms with Crippen molar-refractivity contribution in [2.24, 2.45) is 5.73 Å². The number of rotatable bonds is 4. The molecule has 1 unspecified atom stereocenters. The van der Waals surface area contributed by atoms with E-state index in [0.717, 1.165) is 31.4 Å². The Kier molecular flexibility index (Phi) is 4.30. The number of aromatic nitrogens is 2. The Morgan fingerprint density at radius 3 is 2.82 bits per heavy atom. The second kappa shape index (κ2) is 6.21. The summed E-state index contributed by atoms with van der Waals surface area (Å²) >= 11 is 0. The lowest BCUT2D eigenvalue weighted by atomic mass is 9.82. The van der Waals surface area contributed by atoms with Crippen LogP contribution in [0.25, 0.3) is 11.3 Å². The van der Waals surface area contributed by atoms with Crippen molar-refractivity contribution in [1.82, 2.24) is 9.78 Å². The summed E-state index contributed by atoms with van der Waals surface area (Å²) in [5.74, 6) is 0.201. The van der Waals surface area contributed by atoms with Gasteiger partial charge in [-0.1, -0.05) is 12.1 Å². The van der Waals surface area contributed by atoms with E-state index in [2.05, 4.69) is 18.5 Å². The Hall–Kier alpha value is -1.68. The van der Waals surface area contributed by atoms with Gasteiger partial charge in [0.15, 0.2) is 0 Å². The lowest BCUT2D eigenvalue weighted by Gasteiger charge is -2.24. The summed E-state index contributed by atoms with van der Waals surface area (Å²) in [7, 11) is 0. The summed E-state index contributed by atoms with van der Waals surface area (Å²) in [6.45, 7) is 4.92. The van der Waals surface area contributed by atoms with Gasteiger partial charge in [0.25, 0.3) is 0 Å². The molecule has 1 aliphatic carbocycles. The first kappa shape index (κ1) is 15.2. The third-order valence-electron chi connectivity index (χ3n) is 4.56. The Balaban J connectivity index is 2.20. The normalized spacial score (nSPS) is 17.8. The smallest absolute Gasteiger partial charge is 0.132 e. The fourth-order valence-electron chi connectivity index (χ4n) is 3.59. The van der Waals surface area contributed by atoms with Gasteiger partial charge >= 0.3 is 0 Å². The van der Waals surface area contributed by atoms with Gasteiger partial charge < -0.3 is 5.73 Å². The number of fused-ring (bicyclic) bond motifs is 1. The molecule has 1 atom stereocenters. The van der Waals surface area contributed by atoms with E-state index in [0.29, 0.717) is 18.0 Å². The van der Waals surface area contributed by atoms with Gasteiger partial charge in [0.2, 0.25) is 0 Å². The zero-order chi connectivity index (χ0) is 15.7. The molecule has 0 bridgehead atoms. The topological polar surface area (TPSA) is 43.8 Å². The average molecular weight is 301 g/mol. The highest BCUT2D eigenvalue weighted by molar-refractivity contribution is 5.66. The van der Waals surface area contributed by atoms with E-state index in [1.807, 2.05) is 12.1 Å². The molecule has 0 fully saturated rings. The first-order valence-electron chi connectivity index (χ1n) is 8.19. The van der Waals surface area contributed by atoms with E-state index in [-0.39, 0.29) is 11.9 Å². The Labute approximate surface area is 131 Å². The molecular weight excluding hydrogens is 277 g/mol. The standard InChI is InChI=1S/C18H24FN3/c1-12(2)22-16-9-5-6-13(10-11-20)17(16)18(21-22)14-7-3-4-8-15(14)19/h3-4,7-8,12-13H,5-6,9-11,20H2,1-2H3. The average Bonchev–Trinajstić information content (AvgIpc) is 2.89. The molecule has 0 radical (unpaired) electrons. The number of halogens is 1. The molecule has 2 N–H and O–H groups in total. The first-order chi connectivity index (χ1) is 10.6. The summed E-state index contributed by atoms with van der Waals surface area (Å²) in [5.41, 5.74) is 9.74. The second-order valence-corrected chi connectivity index (χ2v) is 6.39. The number of hydrogen-bond acceptors (Lipinski definition) is 2.